The molecule has 24 heavy (non-hydrogen) atoms. The molecule has 1 atom stereocenters. The van der Waals surface area contributed by atoms with Gasteiger partial charge >= 0.3 is 6.03 Å². The molecule has 3 N–H and O–H groups in total. The van der Waals surface area contributed by atoms with Crippen molar-refractivity contribution in [1.82, 2.24) is 25.5 Å². The first-order valence-corrected chi connectivity index (χ1v) is 8.00. The quantitative estimate of drug-likeness (QED) is 0.744. The highest BCUT2D eigenvalue weighted by Gasteiger charge is 2.27. The fraction of sp³-hybridized carbons (Fsp3) is 0.357. The fourth-order valence-electron chi connectivity index (χ4n) is 1.94. The first-order valence-electron chi connectivity index (χ1n) is 7.12. The summed E-state index contributed by atoms with van der Waals surface area (Å²) >= 11 is 1.16. The van der Waals surface area contributed by atoms with E-state index < -0.39 is 17.2 Å². The number of nitrogens with one attached hydrogen (secondary N) is 1. The molecule has 1 heterocycles. The van der Waals surface area contributed by atoms with Crippen LogP contribution in [0.15, 0.2) is 29.4 Å². The van der Waals surface area contributed by atoms with E-state index in [1.165, 1.54) is 4.68 Å². The lowest BCUT2D eigenvalue weighted by Gasteiger charge is -2.18. The molecule has 0 saturated heterocycles. The van der Waals surface area contributed by atoms with Gasteiger partial charge in [0.1, 0.15) is 5.75 Å². The minimum Gasteiger partial charge on any atom is -0.497 e. The van der Waals surface area contributed by atoms with Gasteiger partial charge in [-0.2, -0.15) is 4.68 Å². The SMILES string of the molecule is COc1ccc(-n2nnnc2S[C@H](C(=O)NC(N)=O)C(C)C)cc1. The number of nitrogens with zero attached hydrogens (tertiary/aromatic N) is 4. The van der Waals surface area contributed by atoms with Gasteiger partial charge in [0.2, 0.25) is 11.1 Å². The van der Waals surface area contributed by atoms with Gasteiger partial charge in [0.15, 0.2) is 0 Å². The second-order valence-corrected chi connectivity index (χ2v) is 6.32. The predicted octanol–water partition coefficient (Wildman–Crippen LogP) is 0.982. The zero-order valence-electron chi connectivity index (χ0n) is 13.5. The highest BCUT2D eigenvalue weighted by molar-refractivity contribution is 8.00. The van der Waals surface area contributed by atoms with Crippen LogP contribution in [0.1, 0.15) is 13.8 Å². The maximum atomic E-state index is 12.1. The topological polar surface area (TPSA) is 125 Å². The lowest BCUT2D eigenvalue weighted by atomic mass is 10.1. The summed E-state index contributed by atoms with van der Waals surface area (Å²) in [5.74, 6) is 0.170. The Morgan fingerprint density at radius 2 is 1.96 bits per heavy atom. The highest BCUT2D eigenvalue weighted by Crippen LogP contribution is 2.28. The average Bonchev–Trinajstić information content (AvgIpc) is 2.99. The van der Waals surface area contributed by atoms with Crippen molar-refractivity contribution < 1.29 is 14.3 Å². The first-order chi connectivity index (χ1) is 11.4. The van der Waals surface area contributed by atoms with E-state index in [9.17, 15) is 9.59 Å². The number of nitrogens with two attached hydrogens (primary N) is 1. The maximum absolute atomic E-state index is 12.1. The molecule has 0 bridgehead atoms. The second kappa shape index (κ2) is 7.77. The lowest BCUT2D eigenvalue weighted by molar-refractivity contribution is -0.120. The molecule has 128 valence electrons. The minimum atomic E-state index is -0.888. The molecule has 0 radical (unpaired) electrons. The summed E-state index contributed by atoms with van der Waals surface area (Å²) in [6, 6.07) is 6.28. The molecule has 0 aliphatic rings. The Morgan fingerprint density at radius 3 is 2.50 bits per heavy atom. The van der Waals surface area contributed by atoms with Gasteiger partial charge < -0.3 is 10.5 Å². The van der Waals surface area contributed by atoms with Crippen LogP contribution in [0.25, 0.3) is 5.69 Å². The number of benzene rings is 1. The van der Waals surface area contributed by atoms with Crippen molar-refractivity contribution in [3.8, 4) is 11.4 Å². The van der Waals surface area contributed by atoms with Crippen molar-refractivity contribution in [3.05, 3.63) is 24.3 Å². The second-order valence-electron chi connectivity index (χ2n) is 5.21. The summed E-state index contributed by atoms with van der Waals surface area (Å²) in [4.78, 5) is 23.0. The number of carbonyl (C=O) groups is 2. The van der Waals surface area contributed by atoms with E-state index in [2.05, 4.69) is 20.8 Å². The molecule has 10 heteroatoms. The van der Waals surface area contributed by atoms with Crippen molar-refractivity contribution in [2.75, 3.05) is 7.11 Å². The van der Waals surface area contributed by atoms with Crippen molar-refractivity contribution in [3.63, 3.8) is 0 Å². The van der Waals surface area contributed by atoms with Crippen LogP contribution < -0.4 is 15.8 Å². The van der Waals surface area contributed by atoms with Crippen molar-refractivity contribution in [1.29, 1.82) is 0 Å². The first kappa shape index (κ1) is 17.7. The Morgan fingerprint density at radius 1 is 1.29 bits per heavy atom. The van der Waals surface area contributed by atoms with E-state index in [4.69, 9.17) is 10.5 Å². The van der Waals surface area contributed by atoms with E-state index in [1.807, 2.05) is 13.8 Å². The number of rotatable bonds is 6. The van der Waals surface area contributed by atoms with Crippen LogP contribution in [0, 0.1) is 5.92 Å². The minimum absolute atomic E-state index is 0.0598. The Hall–Kier alpha value is -2.62. The molecule has 0 unspecified atom stereocenters. The number of imide groups is 1. The van der Waals surface area contributed by atoms with E-state index in [0.717, 1.165) is 17.4 Å². The molecular formula is C14H18N6O3S. The van der Waals surface area contributed by atoms with Gasteiger partial charge in [-0.1, -0.05) is 25.6 Å². The number of hydrogen-bond donors (Lipinski definition) is 2. The third-order valence-electron chi connectivity index (χ3n) is 3.10. The van der Waals surface area contributed by atoms with Crippen LogP contribution in [0.5, 0.6) is 5.75 Å². The molecule has 1 aromatic heterocycles. The molecule has 0 saturated carbocycles. The molecule has 9 nitrogen and oxygen atoms in total. The zero-order valence-corrected chi connectivity index (χ0v) is 14.3. The number of carbonyl (C=O) groups excluding carboxylic acids is 2. The number of amides is 3. The van der Waals surface area contributed by atoms with Crippen molar-refractivity contribution >= 4 is 23.7 Å². The molecular weight excluding hydrogens is 332 g/mol. The molecule has 2 rings (SSSR count). The van der Waals surface area contributed by atoms with Crippen LogP contribution in [0.3, 0.4) is 0 Å². The van der Waals surface area contributed by atoms with Crippen LogP contribution in [-0.2, 0) is 4.79 Å². The smallest absolute Gasteiger partial charge is 0.318 e. The molecule has 3 amide bonds. The number of thioether (sulfide) groups is 1. The Labute approximate surface area is 142 Å². The predicted molar refractivity (Wildman–Crippen MR) is 87.9 cm³/mol. The van der Waals surface area contributed by atoms with E-state index in [1.54, 1.807) is 31.4 Å². The Kier molecular flexibility index (Phi) is 5.74. The highest BCUT2D eigenvalue weighted by atomic mass is 32.2. The van der Waals surface area contributed by atoms with Gasteiger partial charge in [-0.15, -0.1) is 5.10 Å². The largest absolute Gasteiger partial charge is 0.497 e. The Bertz CT molecular complexity index is 716. The van der Waals surface area contributed by atoms with Crippen LogP contribution in [0.4, 0.5) is 4.79 Å². The van der Waals surface area contributed by atoms with Crippen molar-refractivity contribution in [2.24, 2.45) is 11.7 Å². The monoisotopic (exact) mass is 350 g/mol. The Balaban J connectivity index is 2.24. The van der Waals surface area contributed by atoms with E-state index in [-0.39, 0.29) is 5.92 Å². The van der Waals surface area contributed by atoms with Gasteiger partial charge in [0.05, 0.1) is 18.0 Å². The molecule has 0 aliphatic carbocycles. The maximum Gasteiger partial charge on any atom is 0.318 e. The molecule has 2 aromatic rings. The number of methoxy groups -OCH3 is 1. The van der Waals surface area contributed by atoms with E-state index in [0.29, 0.717) is 10.9 Å². The molecule has 0 fully saturated rings. The lowest BCUT2D eigenvalue weighted by Crippen LogP contribution is -2.42. The summed E-state index contributed by atoms with van der Waals surface area (Å²) in [6.45, 7) is 3.72. The van der Waals surface area contributed by atoms with Crippen LogP contribution in [0.2, 0.25) is 0 Å². The number of urea groups is 1. The van der Waals surface area contributed by atoms with Gasteiger partial charge in [-0.25, -0.2) is 4.79 Å². The molecule has 0 spiro atoms. The summed E-state index contributed by atoms with van der Waals surface area (Å²) in [5, 5.41) is 13.5. The standard InChI is InChI=1S/C14H18N6O3S/c1-8(2)11(12(21)16-13(15)22)24-14-17-18-19-20(14)9-4-6-10(23-3)7-5-9/h4-8,11H,1-3H3,(H3,15,16,21,22)/t11-/m0/s1. The van der Waals surface area contributed by atoms with Gasteiger partial charge in [-0.05, 0) is 40.6 Å². The van der Waals surface area contributed by atoms with Gasteiger partial charge in [-0.3, -0.25) is 10.1 Å². The fourth-order valence-corrected chi connectivity index (χ4v) is 2.93. The van der Waals surface area contributed by atoms with E-state index >= 15 is 0 Å². The number of primary amides is 1. The average molecular weight is 350 g/mol. The summed E-state index contributed by atoms with van der Waals surface area (Å²) in [5.41, 5.74) is 5.74. The van der Waals surface area contributed by atoms with Gasteiger partial charge in [0, 0.05) is 0 Å². The van der Waals surface area contributed by atoms with Gasteiger partial charge in [0.25, 0.3) is 0 Å². The number of hydrogen-bond acceptors (Lipinski definition) is 7. The third-order valence-corrected chi connectivity index (χ3v) is 4.58. The number of tetrazole rings is 1. The normalized spacial score (nSPS) is 12.0. The summed E-state index contributed by atoms with van der Waals surface area (Å²) in [7, 11) is 1.58. The third kappa shape index (κ3) is 4.22. The summed E-state index contributed by atoms with van der Waals surface area (Å²) in [6.07, 6.45) is 0. The summed E-state index contributed by atoms with van der Waals surface area (Å²) < 4.78 is 6.63. The number of aromatic nitrogens is 4. The van der Waals surface area contributed by atoms with Crippen LogP contribution in [-0.4, -0.2) is 44.5 Å². The molecule has 0 aliphatic heterocycles. The van der Waals surface area contributed by atoms with Crippen molar-refractivity contribution in [2.45, 2.75) is 24.3 Å². The molecule has 1 aromatic carbocycles. The van der Waals surface area contributed by atoms with Crippen LogP contribution >= 0.6 is 11.8 Å². The number of ether oxygens (including phenoxy) is 1. The zero-order chi connectivity index (χ0) is 17.7.